The van der Waals surface area contributed by atoms with E-state index in [2.05, 4.69) is 20.7 Å². The molecule has 11 nitrogen and oxygen atoms in total. The highest BCUT2D eigenvalue weighted by Crippen LogP contribution is 2.32. The van der Waals surface area contributed by atoms with Crippen molar-refractivity contribution in [3.8, 4) is 22.2 Å². The molecule has 0 spiro atoms. The molecule has 0 aliphatic heterocycles. The lowest BCUT2D eigenvalue weighted by Gasteiger charge is -2.29. The van der Waals surface area contributed by atoms with E-state index >= 15 is 0 Å². The van der Waals surface area contributed by atoms with E-state index in [0.717, 1.165) is 30.6 Å². The van der Waals surface area contributed by atoms with Gasteiger partial charge in [-0.1, -0.05) is 18.9 Å². The van der Waals surface area contributed by atoms with Crippen LogP contribution in [0.4, 0.5) is 17.5 Å². The third-order valence-corrected chi connectivity index (χ3v) is 7.09. The first-order valence-corrected chi connectivity index (χ1v) is 12.5. The minimum Gasteiger partial charge on any atom is -0.497 e. The lowest BCUT2D eigenvalue weighted by molar-refractivity contribution is 0.100. The van der Waals surface area contributed by atoms with Crippen LogP contribution in [-0.4, -0.2) is 51.8 Å². The van der Waals surface area contributed by atoms with Gasteiger partial charge in [-0.3, -0.25) is 4.79 Å². The molecule has 2 atom stereocenters. The summed E-state index contributed by atoms with van der Waals surface area (Å²) in [5, 5.41) is 13.3. The van der Waals surface area contributed by atoms with Crippen LogP contribution in [0.2, 0.25) is 0 Å². The van der Waals surface area contributed by atoms with E-state index in [1.165, 1.54) is 15.9 Å². The molecule has 3 aromatic heterocycles. The minimum atomic E-state index is -0.684. The number of amides is 1. The van der Waals surface area contributed by atoms with Crippen LogP contribution in [0.25, 0.3) is 16.3 Å². The van der Waals surface area contributed by atoms with Crippen molar-refractivity contribution in [3.63, 3.8) is 0 Å². The van der Waals surface area contributed by atoms with Crippen LogP contribution in [0.5, 0.6) is 11.5 Å². The van der Waals surface area contributed by atoms with Crippen LogP contribution in [0.15, 0.2) is 35.7 Å². The zero-order valence-corrected chi connectivity index (χ0v) is 20.8. The number of ether oxygens (including phenoxy) is 2. The summed E-state index contributed by atoms with van der Waals surface area (Å²) in [6.45, 7) is 0. The number of benzene rings is 1. The van der Waals surface area contributed by atoms with Crippen molar-refractivity contribution in [2.75, 3.05) is 24.9 Å². The first-order chi connectivity index (χ1) is 17.5. The van der Waals surface area contributed by atoms with Crippen LogP contribution in [0, 0.1) is 0 Å². The second-order valence-corrected chi connectivity index (χ2v) is 9.54. The highest BCUT2D eigenvalue weighted by Gasteiger charge is 2.27. The Kier molecular flexibility index (Phi) is 6.61. The van der Waals surface area contributed by atoms with Gasteiger partial charge in [0, 0.05) is 36.0 Å². The topological polar surface area (TPSA) is 155 Å². The molecule has 1 aromatic carbocycles. The molecule has 188 valence electrons. The number of aromatic nitrogens is 4. The number of rotatable bonds is 8. The molecule has 1 amide bonds. The molecule has 5 rings (SSSR count). The quantitative estimate of drug-likeness (QED) is 0.280. The number of carbonyl (C=O) groups excluding carboxylic acids is 1. The molecule has 1 saturated carbocycles. The second-order valence-electron chi connectivity index (χ2n) is 8.60. The highest BCUT2D eigenvalue weighted by atomic mass is 32.1. The molecule has 0 unspecified atom stereocenters. The minimum absolute atomic E-state index is 0.00743. The van der Waals surface area contributed by atoms with Crippen LogP contribution < -0.4 is 31.6 Å². The van der Waals surface area contributed by atoms with Crippen molar-refractivity contribution in [2.45, 2.75) is 37.8 Å². The number of nitrogens with two attached hydrogens (primary N) is 2. The molecule has 6 N–H and O–H groups in total. The molecule has 1 aliphatic carbocycles. The van der Waals surface area contributed by atoms with Gasteiger partial charge in [0.15, 0.2) is 17.3 Å². The van der Waals surface area contributed by atoms with E-state index in [0.29, 0.717) is 34.6 Å². The molecule has 1 aliphatic rings. The number of fused-ring (bicyclic) bond motifs is 1. The van der Waals surface area contributed by atoms with E-state index in [9.17, 15) is 4.79 Å². The molecule has 1 fully saturated rings. The first-order valence-electron chi connectivity index (χ1n) is 11.6. The fraction of sp³-hybridized carbons (Fsp3) is 0.333. The SMILES string of the molecule is COc1cc(Nc2nc(N[C@@H]3CCCC[C@@H]3N)n3nc(-c4cccs4)nc3c2C(N)=O)cc(OC)c1. The number of primary amides is 1. The Morgan fingerprint density at radius 1 is 1.14 bits per heavy atom. The third kappa shape index (κ3) is 4.64. The first kappa shape index (κ1) is 23.8. The molecular weight excluding hydrogens is 480 g/mol. The van der Waals surface area contributed by atoms with Crippen LogP contribution in [0.3, 0.4) is 0 Å². The zero-order valence-electron chi connectivity index (χ0n) is 20.0. The van der Waals surface area contributed by atoms with Crippen molar-refractivity contribution >= 4 is 40.3 Å². The zero-order chi connectivity index (χ0) is 25.2. The molecule has 0 bridgehead atoms. The van der Waals surface area contributed by atoms with Crippen molar-refractivity contribution in [2.24, 2.45) is 11.5 Å². The number of nitrogens with one attached hydrogen (secondary N) is 2. The predicted octanol–water partition coefficient (Wildman–Crippen LogP) is 3.39. The van der Waals surface area contributed by atoms with E-state index in [1.54, 1.807) is 32.4 Å². The van der Waals surface area contributed by atoms with Gasteiger partial charge in [0.1, 0.15) is 17.1 Å². The van der Waals surface area contributed by atoms with Crippen molar-refractivity contribution in [1.29, 1.82) is 0 Å². The Bertz CT molecular complexity index is 1370. The maximum atomic E-state index is 12.7. The van der Waals surface area contributed by atoms with Crippen LogP contribution in [-0.2, 0) is 0 Å². The van der Waals surface area contributed by atoms with Crippen LogP contribution in [0.1, 0.15) is 36.0 Å². The van der Waals surface area contributed by atoms with Gasteiger partial charge >= 0.3 is 0 Å². The van der Waals surface area contributed by atoms with Gasteiger partial charge in [-0.25, -0.2) is 4.98 Å². The van der Waals surface area contributed by atoms with E-state index < -0.39 is 5.91 Å². The van der Waals surface area contributed by atoms with E-state index in [-0.39, 0.29) is 23.5 Å². The normalized spacial score (nSPS) is 17.6. The smallest absolute Gasteiger partial charge is 0.256 e. The molecular formula is C24H28N8O3S. The Hall–Kier alpha value is -3.90. The van der Waals surface area contributed by atoms with Gasteiger partial charge in [0.2, 0.25) is 5.95 Å². The number of methoxy groups -OCH3 is 2. The van der Waals surface area contributed by atoms with Crippen molar-refractivity contribution in [1.82, 2.24) is 19.6 Å². The van der Waals surface area contributed by atoms with Crippen molar-refractivity contribution in [3.05, 3.63) is 41.3 Å². The number of anilines is 3. The summed E-state index contributed by atoms with van der Waals surface area (Å²) in [6, 6.07) is 9.11. The Balaban J connectivity index is 1.66. The average Bonchev–Trinajstić information content (AvgIpc) is 3.55. The number of thiophene rings is 1. The maximum Gasteiger partial charge on any atom is 0.256 e. The van der Waals surface area contributed by atoms with Gasteiger partial charge in [0.25, 0.3) is 5.91 Å². The van der Waals surface area contributed by atoms with Gasteiger partial charge in [-0.05, 0) is 24.3 Å². The Labute approximate surface area is 211 Å². The maximum absolute atomic E-state index is 12.7. The van der Waals surface area contributed by atoms with Gasteiger partial charge in [-0.2, -0.15) is 9.50 Å². The lowest BCUT2D eigenvalue weighted by Crippen LogP contribution is -2.43. The summed E-state index contributed by atoms with van der Waals surface area (Å²) in [6.07, 6.45) is 4.00. The molecule has 0 saturated heterocycles. The number of hydrogen-bond donors (Lipinski definition) is 4. The predicted molar refractivity (Wildman–Crippen MR) is 139 cm³/mol. The number of nitrogens with zero attached hydrogens (tertiary/aromatic N) is 4. The Morgan fingerprint density at radius 3 is 2.53 bits per heavy atom. The molecule has 4 aromatic rings. The largest absolute Gasteiger partial charge is 0.497 e. The molecule has 0 radical (unpaired) electrons. The van der Waals surface area contributed by atoms with Gasteiger partial charge in [-0.15, -0.1) is 16.4 Å². The van der Waals surface area contributed by atoms with Gasteiger partial charge < -0.3 is 31.6 Å². The summed E-state index contributed by atoms with van der Waals surface area (Å²) in [5.41, 5.74) is 13.3. The fourth-order valence-electron chi connectivity index (χ4n) is 4.38. The monoisotopic (exact) mass is 508 g/mol. The average molecular weight is 509 g/mol. The molecule has 36 heavy (non-hydrogen) atoms. The summed E-state index contributed by atoms with van der Waals surface area (Å²) >= 11 is 1.50. The number of carbonyl (C=O) groups is 1. The summed E-state index contributed by atoms with van der Waals surface area (Å²) in [5.74, 6) is 1.61. The summed E-state index contributed by atoms with van der Waals surface area (Å²) in [7, 11) is 3.13. The summed E-state index contributed by atoms with van der Waals surface area (Å²) in [4.78, 5) is 23.0. The van der Waals surface area contributed by atoms with Gasteiger partial charge in [0.05, 0.1) is 19.1 Å². The third-order valence-electron chi connectivity index (χ3n) is 6.22. The van der Waals surface area contributed by atoms with Crippen molar-refractivity contribution < 1.29 is 14.3 Å². The summed E-state index contributed by atoms with van der Waals surface area (Å²) < 4.78 is 12.3. The standard InChI is InChI=1S/C24H28N8O3S/c1-34-14-10-13(11-15(12-14)35-2)27-22-19(20(26)33)23-29-21(18-8-5-9-36-18)31-32(23)24(30-22)28-17-7-4-3-6-16(17)25/h5,8-12,16-17,27H,3-4,6-7,25H2,1-2H3,(H2,26,33)(H,28,30)/t16-,17+/m0/s1. The molecule has 12 heteroatoms. The lowest BCUT2D eigenvalue weighted by atomic mass is 9.91. The highest BCUT2D eigenvalue weighted by molar-refractivity contribution is 7.13. The fourth-order valence-corrected chi connectivity index (χ4v) is 5.03. The van der Waals surface area contributed by atoms with E-state index in [4.69, 9.17) is 25.9 Å². The molecule has 3 heterocycles. The van der Waals surface area contributed by atoms with E-state index in [1.807, 2.05) is 17.5 Å². The Morgan fingerprint density at radius 2 is 1.89 bits per heavy atom. The number of hydrogen-bond acceptors (Lipinski definition) is 10. The second kappa shape index (κ2) is 9.99. The van der Waals surface area contributed by atoms with Crippen LogP contribution >= 0.6 is 11.3 Å².